The summed E-state index contributed by atoms with van der Waals surface area (Å²) in [5.41, 5.74) is 7.68. The second-order valence-electron chi connectivity index (χ2n) is 4.47. The molecule has 0 aliphatic carbocycles. The van der Waals surface area contributed by atoms with Crippen LogP contribution in [0.4, 0.5) is 5.69 Å². The Hall–Kier alpha value is -2.27. The van der Waals surface area contributed by atoms with Gasteiger partial charge >= 0.3 is 0 Å². The van der Waals surface area contributed by atoms with Gasteiger partial charge in [-0.05, 0) is 12.1 Å². The lowest BCUT2D eigenvalue weighted by molar-refractivity contribution is -0.117. The second-order valence-corrected chi connectivity index (χ2v) is 4.86. The first kappa shape index (κ1) is 15.1. The summed E-state index contributed by atoms with van der Waals surface area (Å²) < 4.78 is 5.30. The Kier molecular flexibility index (Phi) is 5.00. The predicted molar refractivity (Wildman–Crippen MR) is 82.5 cm³/mol. The fourth-order valence-corrected chi connectivity index (χ4v) is 2.15. The number of halogens is 1. The molecule has 2 aromatic rings. The highest BCUT2D eigenvalue weighted by Gasteiger charge is 2.08. The minimum Gasteiger partial charge on any atom is -0.496 e. The fraction of sp³-hybridized carbons (Fsp3) is 0.200. The number of ether oxygens (including phenoxy) is 1. The monoisotopic (exact) mass is 305 g/mol. The Morgan fingerprint density at radius 3 is 2.86 bits per heavy atom. The molecule has 1 aromatic heterocycles. The molecule has 2 rings (SSSR count). The van der Waals surface area contributed by atoms with Crippen LogP contribution in [-0.2, 0) is 17.8 Å². The van der Waals surface area contributed by atoms with Gasteiger partial charge in [0.15, 0.2) is 0 Å². The van der Waals surface area contributed by atoms with Gasteiger partial charge in [-0.2, -0.15) is 0 Å². The number of carbonyl (C=O) groups excluding carboxylic acids is 1. The predicted octanol–water partition coefficient (Wildman–Crippen LogP) is 2.38. The first-order valence-corrected chi connectivity index (χ1v) is 6.76. The molecule has 1 heterocycles. The molecule has 0 bridgehead atoms. The van der Waals surface area contributed by atoms with Crippen molar-refractivity contribution < 1.29 is 9.53 Å². The van der Waals surface area contributed by atoms with Gasteiger partial charge in [-0.25, -0.2) is 4.98 Å². The zero-order chi connectivity index (χ0) is 15.2. The van der Waals surface area contributed by atoms with Gasteiger partial charge in [-0.15, -0.1) is 0 Å². The van der Waals surface area contributed by atoms with E-state index < -0.39 is 5.91 Å². The van der Waals surface area contributed by atoms with Gasteiger partial charge in [-0.3, -0.25) is 4.79 Å². The first-order valence-electron chi connectivity index (χ1n) is 6.38. The smallest absolute Gasteiger partial charge is 0.221 e. The molecule has 0 saturated carbocycles. The number of hydrogen-bond acceptors (Lipinski definition) is 4. The van der Waals surface area contributed by atoms with E-state index in [1.165, 1.54) is 0 Å². The number of para-hydroxylation sites is 1. The molecule has 3 N–H and O–H groups in total. The maximum atomic E-state index is 11.1. The topological polar surface area (TPSA) is 77.2 Å². The van der Waals surface area contributed by atoms with Crippen molar-refractivity contribution in [1.82, 2.24) is 4.98 Å². The van der Waals surface area contributed by atoms with Crippen LogP contribution in [0.5, 0.6) is 5.75 Å². The van der Waals surface area contributed by atoms with E-state index in [0.717, 1.165) is 17.0 Å². The Morgan fingerprint density at radius 1 is 1.38 bits per heavy atom. The van der Waals surface area contributed by atoms with Crippen molar-refractivity contribution in [3.05, 3.63) is 52.8 Å². The molecule has 0 saturated heterocycles. The van der Waals surface area contributed by atoms with Crippen LogP contribution in [-0.4, -0.2) is 18.0 Å². The summed E-state index contributed by atoms with van der Waals surface area (Å²) in [6.07, 6.45) is 1.66. The molecule has 5 nitrogen and oxygen atoms in total. The van der Waals surface area contributed by atoms with Crippen molar-refractivity contribution in [2.75, 3.05) is 12.4 Å². The molecular formula is C15H16ClN3O2. The SMILES string of the molecule is COc1ccccc1CNc1cc(Cl)ncc1CC(N)=O. The van der Waals surface area contributed by atoms with Crippen LogP contribution in [0.1, 0.15) is 11.1 Å². The summed E-state index contributed by atoms with van der Waals surface area (Å²) >= 11 is 5.90. The third-order valence-corrected chi connectivity index (χ3v) is 3.19. The summed E-state index contributed by atoms with van der Waals surface area (Å²) in [5, 5.41) is 3.59. The van der Waals surface area contributed by atoms with Gasteiger partial charge in [0.2, 0.25) is 5.91 Å². The van der Waals surface area contributed by atoms with Gasteiger partial charge in [0.1, 0.15) is 10.9 Å². The van der Waals surface area contributed by atoms with Crippen molar-refractivity contribution in [2.45, 2.75) is 13.0 Å². The van der Waals surface area contributed by atoms with E-state index in [2.05, 4.69) is 10.3 Å². The van der Waals surface area contributed by atoms with E-state index in [1.54, 1.807) is 19.4 Å². The maximum Gasteiger partial charge on any atom is 0.221 e. The van der Waals surface area contributed by atoms with E-state index in [9.17, 15) is 4.79 Å². The number of aromatic nitrogens is 1. The normalized spacial score (nSPS) is 10.2. The average Bonchev–Trinajstić information content (AvgIpc) is 2.47. The van der Waals surface area contributed by atoms with Gasteiger partial charge in [0, 0.05) is 29.6 Å². The van der Waals surface area contributed by atoms with E-state index >= 15 is 0 Å². The number of nitrogens with zero attached hydrogens (tertiary/aromatic N) is 1. The number of methoxy groups -OCH3 is 1. The van der Waals surface area contributed by atoms with Crippen molar-refractivity contribution in [1.29, 1.82) is 0 Å². The van der Waals surface area contributed by atoms with Crippen LogP contribution < -0.4 is 15.8 Å². The number of carbonyl (C=O) groups is 1. The summed E-state index contributed by atoms with van der Waals surface area (Å²) in [7, 11) is 1.63. The molecule has 0 aliphatic rings. The fourth-order valence-electron chi connectivity index (χ4n) is 1.99. The molecule has 0 fully saturated rings. The third-order valence-electron chi connectivity index (χ3n) is 2.98. The van der Waals surface area contributed by atoms with Gasteiger partial charge < -0.3 is 15.8 Å². The van der Waals surface area contributed by atoms with E-state index in [1.807, 2.05) is 24.3 Å². The second kappa shape index (κ2) is 6.95. The molecule has 0 radical (unpaired) electrons. The van der Waals surface area contributed by atoms with Gasteiger partial charge in [-0.1, -0.05) is 29.8 Å². The van der Waals surface area contributed by atoms with Crippen molar-refractivity contribution in [2.24, 2.45) is 5.73 Å². The van der Waals surface area contributed by atoms with Crippen molar-refractivity contribution in [3.8, 4) is 5.75 Å². The number of anilines is 1. The third kappa shape index (κ3) is 4.10. The van der Waals surface area contributed by atoms with Gasteiger partial charge in [0.25, 0.3) is 0 Å². The number of rotatable bonds is 6. The number of pyridine rings is 1. The standard InChI is InChI=1S/C15H16ClN3O2/c1-21-13-5-3-2-4-10(13)8-18-12-7-14(16)19-9-11(12)6-15(17)20/h2-5,7,9H,6,8H2,1H3,(H2,17,20)(H,18,19). The zero-order valence-electron chi connectivity index (χ0n) is 11.6. The zero-order valence-corrected chi connectivity index (χ0v) is 12.4. The quantitative estimate of drug-likeness (QED) is 0.803. The lowest BCUT2D eigenvalue weighted by atomic mass is 10.1. The molecule has 0 atom stereocenters. The lowest BCUT2D eigenvalue weighted by Gasteiger charge is -2.13. The molecule has 0 unspecified atom stereocenters. The van der Waals surface area contributed by atoms with Crippen LogP contribution in [0.3, 0.4) is 0 Å². The average molecular weight is 306 g/mol. The highest BCUT2D eigenvalue weighted by atomic mass is 35.5. The van der Waals surface area contributed by atoms with E-state index in [4.69, 9.17) is 22.1 Å². The molecule has 21 heavy (non-hydrogen) atoms. The molecule has 1 aromatic carbocycles. The molecule has 6 heteroatoms. The largest absolute Gasteiger partial charge is 0.496 e. The minimum absolute atomic E-state index is 0.110. The van der Waals surface area contributed by atoms with Crippen LogP contribution in [0.2, 0.25) is 5.15 Å². The van der Waals surface area contributed by atoms with Crippen LogP contribution in [0.15, 0.2) is 36.5 Å². The summed E-state index contributed by atoms with van der Waals surface area (Å²) in [4.78, 5) is 15.1. The lowest BCUT2D eigenvalue weighted by Crippen LogP contribution is -2.15. The number of primary amides is 1. The first-order chi connectivity index (χ1) is 10.1. The highest BCUT2D eigenvalue weighted by molar-refractivity contribution is 6.29. The Bertz CT molecular complexity index is 647. The Morgan fingerprint density at radius 2 is 2.14 bits per heavy atom. The van der Waals surface area contributed by atoms with Crippen LogP contribution >= 0.6 is 11.6 Å². The van der Waals surface area contributed by atoms with E-state index in [-0.39, 0.29) is 6.42 Å². The molecule has 1 amide bonds. The van der Waals surface area contributed by atoms with Crippen LogP contribution in [0, 0.1) is 0 Å². The summed E-state index contributed by atoms with van der Waals surface area (Å²) in [6, 6.07) is 9.37. The molecule has 110 valence electrons. The number of nitrogens with one attached hydrogen (secondary N) is 1. The maximum absolute atomic E-state index is 11.1. The minimum atomic E-state index is -0.417. The molecule has 0 aliphatic heterocycles. The highest BCUT2D eigenvalue weighted by Crippen LogP contribution is 2.22. The summed E-state index contributed by atoms with van der Waals surface area (Å²) in [5.74, 6) is 0.376. The Labute approximate surface area is 128 Å². The number of amides is 1. The molecular weight excluding hydrogens is 290 g/mol. The van der Waals surface area contributed by atoms with Crippen molar-refractivity contribution >= 4 is 23.2 Å². The number of hydrogen-bond donors (Lipinski definition) is 2. The number of nitrogens with two attached hydrogens (primary N) is 1. The Balaban J connectivity index is 2.19. The number of benzene rings is 1. The van der Waals surface area contributed by atoms with Crippen molar-refractivity contribution in [3.63, 3.8) is 0 Å². The molecule has 0 spiro atoms. The van der Waals surface area contributed by atoms with E-state index in [0.29, 0.717) is 17.3 Å². The van der Waals surface area contributed by atoms with Gasteiger partial charge in [0.05, 0.1) is 13.5 Å². The van der Waals surface area contributed by atoms with Crippen LogP contribution in [0.25, 0.3) is 0 Å². The summed E-state index contributed by atoms with van der Waals surface area (Å²) in [6.45, 7) is 0.538.